The topological polar surface area (TPSA) is 72.6 Å². The first-order chi connectivity index (χ1) is 14.8. The summed E-state index contributed by atoms with van der Waals surface area (Å²) in [5.41, 5.74) is 9.19. The highest BCUT2D eigenvalue weighted by atomic mass is 15.2. The highest BCUT2D eigenvalue weighted by molar-refractivity contribution is 5.84. The van der Waals surface area contributed by atoms with Gasteiger partial charge in [0.15, 0.2) is 0 Å². The summed E-state index contributed by atoms with van der Waals surface area (Å²) < 4.78 is 0. The normalized spacial score (nSPS) is 15.7. The molecule has 3 aromatic rings. The fourth-order valence-corrected chi connectivity index (χ4v) is 4.17. The van der Waals surface area contributed by atoms with E-state index in [9.17, 15) is 0 Å². The van der Waals surface area contributed by atoms with E-state index in [4.69, 9.17) is 4.98 Å². The van der Waals surface area contributed by atoms with E-state index in [1.807, 2.05) is 24.3 Å². The van der Waals surface area contributed by atoms with Crippen molar-refractivity contribution < 1.29 is 0 Å². The Hall–Kier alpha value is -3.64. The third-order valence-electron chi connectivity index (χ3n) is 5.60. The van der Waals surface area contributed by atoms with E-state index in [-0.39, 0.29) is 0 Å². The largest absolute Gasteiger partial charge is 0.367 e. The van der Waals surface area contributed by atoms with Crippen LogP contribution in [0.1, 0.15) is 22.8 Å². The van der Waals surface area contributed by atoms with Crippen LogP contribution in [0.3, 0.4) is 0 Å². The van der Waals surface area contributed by atoms with Gasteiger partial charge in [-0.3, -0.25) is 0 Å². The Morgan fingerprint density at radius 2 is 1.27 bits per heavy atom. The standard InChI is InChI=1S/C24H22N6/c1-2-17-12-19-5-6-21(28-19)14-23-24(30-9-7-25-8-10-30)15-22(29-23)13-20-4-3-18(27-20)11-16(1)26-17/h1-6,11-15,25,27,29H,7-10H2. The maximum absolute atomic E-state index is 4.78. The van der Waals surface area contributed by atoms with Crippen molar-refractivity contribution in [3.63, 3.8) is 0 Å². The Kier molecular flexibility index (Phi) is 4.02. The molecule has 6 rings (SSSR count). The maximum atomic E-state index is 4.78. The molecule has 0 atom stereocenters. The highest BCUT2D eigenvalue weighted by Crippen LogP contribution is 2.26. The summed E-state index contributed by atoms with van der Waals surface area (Å²) in [5, 5.41) is 3.43. The molecule has 6 heterocycles. The molecule has 0 spiro atoms. The van der Waals surface area contributed by atoms with Crippen molar-refractivity contribution in [3.05, 3.63) is 65.2 Å². The minimum atomic E-state index is 0.917. The van der Waals surface area contributed by atoms with Crippen molar-refractivity contribution in [2.45, 2.75) is 0 Å². The average Bonchev–Trinajstić information content (AvgIpc) is 3.53. The Morgan fingerprint density at radius 3 is 2.00 bits per heavy atom. The molecule has 3 aliphatic rings. The number of rotatable bonds is 1. The van der Waals surface area contributed by atoms with Gasteiger partial charge in [-0.25, -0.2) is 9.97 Å². The molecule has 8 bridgehead atoms. The number of hydrogen-bond donors (Lipinski definition) is 3. The van der Waals surface area contributed by atoms with E-state index in [0.717, 1.165) is 71.0 Å². The number of fused-ring (bicyclic) bond motifs is 8. The number of aromatic nitrogens is 4. The van der Waals surface area contributed by atoms with Crippen molar-refractivity contribution in [2.24, 2.45) is 0 Å². The second-order valence-corrected chi connectivity index (χ2v) is 7.80. The van der Waals surface area contributed by atoms with Gasteiger partial charge in [-0.15, -0.1) is 0 Å². The Bertz CT molecular complexity index is 1330. The summed E-state index contributed by atoms with van der Waals surface area (Å²) in [4.78, 5) is 19.0. The average molecular weight is 394 g/mol. The lowest BCUT2D eigenvalue weighted by molar-refractivity contribution is 0.590. The van der Waals surface area contributed by atoms with Gasteiger partial charge in [-0.1, -0.05) is 0 Å². The number of anilines is 1. The van der Waals surface area contributed by atoms with Crippen molar-refractivity contribution in [1.29, 1.82) is 0 Å². The number of piperazine rings is 1. The van der Waals surface area contributed by atoms with Crippen molar-refractivity contribution in [3.8, 4) is 0 Å². The van der Waals surface area contributed by atoms with Gasteiger partial charge in [-0.2, -0.15) is 0 Å². The van der Waals surface area contributed by atoms with Gasteiger partial charge in [-0.05, 0) is 66.8 Å². The summed E-state index contributed by atoms with van der Waals surface area (Å²) in [6, 6.07) is 14.8. The lowest BCUT2D eigenvalue weighted by atomic mass is 10.2. The van der Waals surface area contributed by atoms with E-state index in [0.29, 0.717) is 0 Å². The molecular weight excluding hydrogens is 372 g/mol. The van der Waals surface area contributed by atoms with Crippen LogP contribution in [0.5, 0.6) is 0 Å². The molecule has 0 aromatic carbocycles. The zero-order chi connectivity index (χ0) is 19.9. The molecule has 6 heteroatoms. The zero-order valence-electron chi connectivity index (χ0n) is 16.5. The van der Waals surface area contributed by atoms with Gasteiger partial charge in [0.25, 0.3) is 0 Å². The summed E-state index contributed by atoms with van der Waals surface area (Å²) in [7, 11) is 0. The monoisotopic (exact) mass is 394 g/mol. The first-order valence-corrected chi connectivity index (χ1v) is 10.3. The first-order valence-electron chi connectivity index (χ1n) is 10.3. The van der Waals surface area contributed by atoms with Gasteiger partial charge in [0.2, 0.25) is 0 Å². The van der Waals surface area contributed by atoms with Crippen LogP contribution >= 0.6 is 0 Å². The predicted octanol–water partition coefficient (Wildman–Crippen LogP) is 4.07. The van der Waals surface area contributed by atoms with Crippen LogP contribution in [0.2, 0.25) is 0 Å². The molecule has 3 N–H and O–H groups in total. The lowest BCUT2D eigenvalue weighted by Gasteiger charge is -2.28. The minimum Gasteiger partial charge on any atom is -0.367 e. The number of aromatic amines is 2. The molecule has 0 saturated carbocycles. The molecule has 148 valence electrons. The summed E-state index contributed by atoms with van der Waals surface area (Å²) in [6.45, 7) is 4.00. The minimum absolute atomic E-state index is 0.917. The molecule has 6 nitrogen and oxygen atoms in total. The van der Waals surface area contributed by atoms with Gasteiger partial charge in [0.1, 0.15) is 0 Å². The smallest absolute Gasteiger partial charge is 0.0659 e. The number of hydrogen-bond acceptors (Lipinski definition) is 4. The Morgan fingerprint density at radius 1 is 0.633 bits per heavy atom. The number of nitrogens with zero attached hydrogens (tertiary/aromatic N) is 3. The van der Waals surface area contributed by atoms with Gasteiger partial charge in [0, 0.05) is 42.7 Å². The summed E-state index contributed by atoms with van der Waals surface area (Å²) in [5.74, 6) is 0. The van der Waals surface area contributed by atoms with Crippen molar-refractivity contribution in [1.82, 2.24) is 25.3 Å². The van der Waals surface area contributed by atoms with Crippen LogP contribution in [0.25, 0.3) is 46.4 Å². The van der Waals surface area contributed by atoms with Crippen LogP contribution in [0.15, 0.2) is 42.5 Å². The molecule has 0 radical (unpaired) electrons. The van der Waals surface area contributed by atoms with E-state index >= 15 is 0 Å². The second-order valence-electron chi connectivity index (χ2n) is 7.80. The van der Waals surface area contributed by atoms with Crippen molar-refractivity contribution >= 4 is 52.1 Å². The van der Waals surface area contributed by atoms with Gasteiger partial charge < -0.3 is 20.2 Å². The highest BCUT2D eigenvalue weighted by Gasteiger charge is 2.14. The predicted molar refractivity (Wildman–Crippen MR) is 124 cm³/mol. The second kappa shape index (κ2) is 7.00. The van der Waals surface area contributed by atoms with E-state index in [1.54, 1.807) is 0 Å². The molecule has 3 aromatic heterocycles. The molecule has 1 fully saturated rings. The van der Waals surface area contributed by atoms with Crippen LogP contribution in [-0.4, -0.2) is 46.1 Å². The lowest BCUT2D eigenvalue weighted by Crippen LogP contribution is -2.43. The van der Waals surface area contributed by atoms with Crippen LogP contribution < -0.4 is 10.2 Å². The van der Waals surface area contributed by atoms with Gasteiger partial charge >= 0.3 is 0 Å². The number of H-pyrrole nitrogens is 2. The van der Waals surface area contributed by atoms with Crippen LogP contribution in [0, 0.1) is 0 Å². The van der Waals surface area contributed by atoms with Crippen LogP contribution in [-0.2, 0) is 0 Å². The third kappa shape index (κ3) is 3.31. The zero-order valence-corrected chi connectivity index (χ0v) is 16.5. The van der Waals surface area contributed by atoms with E-state index in [1.165, 1.54) is 5.69 Å². The quantitative estimate of drug-likeness (QED) is 0.401. The molecule has 0 aliphatic carbocycles. The molecular formula is C24H22N6. The molecule has 0 unspecified atom stereocenters. The first kappa shape index (κ1) is 17.2. The molecule has 30 heavy (non-hydrogen) atoms. The Balaban J connectivity index is 1.62. The fraction of sp³-hybridized carbons (Fsp3) is 0.167. The van der Waals surface area contributed by atoms with E-state index in [2.05, 4.69) is 67.6 Å². The maximum Gasteiger partial charge on any atom is 0.0659 e. The van der Waals surface area contributed by atoms with E-state index < -0.39 is 0 Å². The Labute approximate surface area is 174 Å². The van der Waals surface area contributed by atoms with Crippen molar-refractivity contribution in [2.75, 3.05) is 31.1 Å². The SMILES string of the molecule is C1=Cc2cc3ccc(cc4cc(N5CCNCC5)c(cc5nc(cc1n2)C=C5)[nH]4)[nH]3. The molecule has 1 saturated heterocycles. The summed E-state index contributed by atoms with van der Waals surface area (Å²) in [6.07, 6.45) is 8.15. The van der Waals surface area contributed by atoms with Crippen LogP contribution in [0.4, 0.5) is 5.69 Å². The number of nitrogens with one attached hydrogen (secondary N) is 3. The van der Waals surface area contributed by atoms with Gasteiger partial charge in [0.05, 0.1) is 34.0 Å². The molecule has 3 aliphatic heterocycles. The summed E-state index contributed by atoms with van der Waals surface area (Å²) >= 11 is 0. The fourth-order valence-electron chi connectivity index (χ4n) is 4.17. The third-order valence-corrected chi connectivity index (χ3v) is 5.60. The molecule has 0 amide bonds.